The fourth-order valence-corrected chi connectivity index (χ4v) is 4.15. The molecule has 1 aliphatic rings. The van der Waals surface area contributed by atoms with Crippen LogP contribution in [-0.4, -0.2) is 40.5 Å². The molecule has 0 aromatic heterocycles. The number of benzene rings is 3. The average Bonchev–Trinajstić information content (AvgIpc) is 3.03. The van der Waals surface area contributed by atoms with Crippen molar-refractivity contribution in [3.05, 3.63) is 77.4 Å². The maximum Gasteiger partial charge on any atom is 0.295 e. The van der Waals surface area contributed by atoms with Crippen molar-refractivity contribution in [1.29, 1.82) is 0 Å². The standard InChI is InChI=1S/C25H23NO5/c1-3-13-26-22(16-11-12-20(31-2)19(27)14-16)21(24(29)25(26)30)23(28)18-10-6-8-15-7-4-5-9-17(15)18/h4-12,14,22,27-28H,3,13H2,1-2H3/b23-21-. The van der Waals surface area contributed by atoms with Crippen LogP contribution in [-0.2, 0) is 9.59 Å². The number of ether oxygens (including phenoxy) is 1. The van der Waals surface area contributed by atoms with Gasteiger partial charge in [0, 0.05) is 12.1 Å². The lowest BCUT2D eigenvalue weighted by atomic mass is 9.93. The molecule has 158 valence electrons. The number of aromatic hydroxyl groups is 1. The smallest absolute Gasteiger partial charge is 0.295 e. The number of aliphatic hydroxyl groups excluding tert-OH is 1. The zero-order valence-electron chi connectivity index (χ0n) is 17.3. The number of carbonyl (C=O) groups excluding carboxylic acids is 2. The molecule has 0 bridgehead atoms. The van der Waals surface area contributed by atoms with E-state index >= 15 is 0 Å². The highest BCUT2D eigenvalue weighted by atomic mass is 16.5. The first-order chi connectivity index (χ1) is 15.0. The van der Waals surface area contributed by atoms with E-state index in [-0.39, 0.29) is 22.8 Å². The van der Waals surface area contributed by atoms with Crippen molar-refractivity contribution in [3.8, 4) is 11.5 Å². The van der Waals surface area contributed by atoms with Crippen LogP contribution >= 0.6 is 0 Å². The molecule has 1 aliphatic heterocycles. The molecule has 0 radical (unpaired) electrons. The Bertz CT molecular complexity index is 1210. The Morgan fingerprint density at radius 2 is 1.81 bits per heavy atom. The zero-order chi connectivity index (χ0) is 22.1. The summed E-state index contributed by atoms with van der Waals surface area (Å²) in [6.07, 6.45) is 0.639. The van der Waals surface area contributed by atoms with Gasteiger partial charge in [-0.25, -0.2) is 0 Å². The fraction of sp³-hybridized carbons (Fsp3) is 0.200. The number of aliphatic hydroxyl groups is 1. The molecule has 1 unspecified atom stereocenters. The molecule has 4 rings (SSSR count). The summed E-state index contributed by atoms with van der Waals surface area (Å²) in [5.74, 6) is -1.45. The van der Waals surface area contributed by atoms with Gasteiger partial charge in [-0.2, -0.15) is 0 Å². The number of ketones is 1. The first kappa shape index (κ1) is 20.5. The Hall–Kier alpha value is -3.80. The minimum absolute atomic E-state index is 0.0133. The van der Waals surface area contributed by atoms with Crippen molar-refractivity contribution in [3.63, 3.8) is 0 Å². The number of amides is 1. The van der Waals surface area contributed by atoms with Gasteiger partial charge in [0.05, 0.1) is 18.7 Å². The molecule has 1 fully saturated rings. The Morgan fingerprint density at radius 1 is 1.06 bits per heavy atom. The number of nitrogens with zero attached hydrogens (tertiary/aromatic N) is 1. The number of fused-ring (bicyclic) bond motifs is 1. The number of Topliss-reactive ketones (excluding diaryl/α,β-unsaturated/α-hetero) is 1. The van der Waals surface area contributed by atoms with Gasteiger partial charge in [-0.15, -0.1) is 0 Å². The van der Waals surface area contributed by atoms with E-state index in [9.17, 15) is 19.8 Å². The van der Waals surface area contributed by atoms with E-state index < -0.39 is 17.7 Å². The zero-order valence-corrected chi connectivity index (χ0v) is 17.3. The van der Waals surface area contributed by atoms with Gasteiger partial charge in [0.25, 0.3) is 11.7 Å². The number of carbonyl (C=O) groups is 2. The summed E-state index contributed by atoms with van der Waals surface area (Å²) in [6.45, 7) is 2.25. The summed E-state index contributed by atoms with van der Waals surface area (Å²) in [4.78, 5) is 27.3. The molecule has 6 nitrogen and oxygen atoms in total. The second-order valence-corrected chi connectivity index (χ2v) is 7.45. The molecule has 1 amide bonds. The summed E-state index contributed by atoms with van der Waals surface area (Å²) >= 11 is 0. The van der Waals surface area contributed by atoms with Gasteiger partial charge < -0.3 is 19.8 Å². The van der Waals surface area contributed by atoms with E-state index in [1.54, 1.807) is 24.3 Å². The highest BCUT2D eigenvalue weighted by Crippen LogP contribution is 2.42. The topological polar surface area (TPSA) is 87.1 Å². The molecule has 3 aromatic carbocycles. The van der Waals surface area contributed by atoms with Crippen LogP contribution in [0, 0.1) is 0 Å². The molecular weight excluding hydrogens is 394 g/mol. The number of rotatable bonds is 5. The first-order valence-corrected chi connectivity index (χ1v) is 10.1. The number of hydrogen-bond acceptors (Lipinski definition) is 5. The minimum atomic E-state index is -0.810. The number of methoxy groups -OCH3 is 1. The van der Waals surface area contributed by atoms with Gasteiger partial charge in [0.2, 0.25) is 0 Å². The van der Waals surface area contributed by atoms with Crippen molar-refractivity contribution in [1.82, 2.24) is 4.90 Å². The first-order valence-electron chi connectivity index (χ1n) is 10.1. The van der Waals surface area contributed by atoms with Crippen LogP contribution in [0.2, 0.25) is 0 Å². The third kappa shape index (κ3) is 3.40. The van der Waals surface area contributed by atoms with Crippen LogP contribution in [0.4, 0.5) is 0 Å². The summed E-state index contributed by atoms with van der Waals surface area (Å²) in [5, 5.41) is 23.3. The third-order valence-corrected chi connectivity index (χ3v) is 5.57. The van der Waals surface area contributed by atoms with E-state index in [1.165, 1.54) is 18.1 Å². The van der Waals surface area contributed by atoms with Crippen LogP contribution in [0.5, 0.6) is 11.5 Å². The van der Waals surface area contributed by atoms with E-state index in [4.69, 9.17) is 4.74 Å². The van der Waals surface area contributed by atoms with Crippen molar-refractivity contribution in [2.75, 3.05) is 13.7 Å². The summed E-state index contributed by atoms with van der Waals surface area (Å²) in [5.41, 5.74) is 1.02. The van der Waals surface area contributed by atoms with Gasteiger partial charge in [0.15, 0.2) is 11.5 Å². The minimum Gasteiger partial charge on any atom is -0.507 e. The lowest BCUT2D eigenvalue weighted by Crippen LogP contribution is -2.30. The highest BCUT2D eigenvalue weighted by molar-refractivity contribution is 6.46. The van der Waals surface area contributed by atoms with Crippen LogP contribution in [0.15, 0.2) is 66.2 Å². The molecule has 0 spiro atoms. The Labute approximate surface area is 180 Å². The molecule has 1 atom stereocenters. The maximum absolute atomic E-state index is 13.0. The molecule has 6 heteroatoms. The van der Waals surface area contributed by atoms with Gasteiger partial charge in [-0.1, -0.05) is 55.5 Å². The van der Waals surface area contributed by atoms with Crippen molar-refractivity contribution >= 4 is 28.2 Å². The molecule has 0 aliphatic carbocycles. The summed E-state index contributed by atoms with van der Waals surface area (Å²) < 4.78 is 5.11. The van der Waals surface area contributed by atoms with Crippen LogP contribution in [0.1, 0.15) is 30.5 Å². The Kier molecular flexibility index (Phi) is 5.38. The fourth-order valence-electron chi connectivity index (χ4n) is 4.15. The predicted molar refractivity (Wildman–Crippen MR) is 118 cm³/mol. The van der Waals surface area contributed by atoms with Crippen LogP contribution in [0.3, 0.4) is 0 Å². The SMILES string of the molecule is CCCN1C(=O)C(=O)/C(=C(\O)c2cccc3ccccc23)C1c1ccc(OC)c(O)c1. The van der Waals surface area contributed by atoms with E-state index in [0.717, 1.165) is 10.8 Å². The van der Waals surface area contributed by atoms with Crippen molar-refractivity contribution < 1.29 is 24.5 Å². The third-order valence-electron chi connectivity index (χ3n) is 5.57. The number of phenolic OH excluding ortho intramolecular Hbond substituents is 1. The maximum atomic E-state index is 13.0. The monoisotopic (exact) mass is 417 g/mol. The van der Waals surface area contributed by atoms with Gasteiger partial charge in [-0.05, 0) is 34.9 Å². The van der Waals surface area contributed by atoms with Crippen molar-refractivity contribution in [2.24, 2.45) is 0 Å². The highest BCUT2D eigenvalue weighted by Gasteiger charge is 2.46. The van der Waals surface area contributed by atoms with Crippen molar-refractivity contribution in [2.45, 2.75) is 19.4 Å². The van der Waals surface area contributed by atoms with Gasteiger partial charge in [0.1, 0.15) is 5.76 Å². The van der Waals surface area contributed by atoms with Crippen LogP contribution in [0.25, 0.3) is 16.5 Å². The molecular formula is C25H23NO5. The van der Waals surface area contributed by atoms with E-state index in [1.807, 2.05) is 37.3 Å². The summed E-state index contributed by atoms with van der Waals surface area (Å²) in [6, 6.07) is 16.9. The van der Waals surface area contributed by atoms with Crippen LogP contribution < -0.4 is 4.74 Å². The van der Waals surface area contributed by atoms with Gasteiger partial charge in [-0.3, -0.25) is 9.59 Å². The van der Waals surface area contributed by atoms with Gasteiger partial charge >= 0.3 is 0 Å². The lowest BCUT2D eigenvalue weighted by molar-refractivity contribution is -0.139. The molecule has 31 heavy (non-hydrogen) atoms. The van der Waals surface area contributed by atoms with E-state index in [0.29, 0.717) is 24.1 Å². The lowest BCUT2D eigenvalue weighted by Gasteiger charge is -2.25. The Morgan fingerprint density at radius 3 is 2.52 bits per heavy atom. The normalized spacial score (nSPS) is 18.0. The molecule has 2 N–H and O–H groups in total. The van der Waals surface area contributed by atoms with E-state index in [2.05, 4.69) is 0 Å². The quantitative estimate of drug-likeness (QED) is 0.365. The number of likely N-dealkylation sites (tertiary alicyclic amines) is 1. The Balaban J connectivity index is 1.95. The molecule has 3 aromatic rings. The molecule has 1 saturated heterocycles. The average molecular weight is 417 g/mol. The number of hydrogen-bond donors (Lipinski definition) is 2. The largest absolute Gasteiger partial charge is 0.507 e. The predicted octanol–water partition coefficient (Wildman–Crippen LogP) is 4.39. The second kappa shape index (κ2) is 8.14. The number of phenols is 1. The molecule has 0 saturated carbocycles. The summed E-state index contributed by atoms with van der Waals surface area (Å²) in [7, 11) is 1.44. The second-order valence-electron chi connectivity index (χ2n) is 7.45. The molecule has 1 heterocycles.